The molecule has 0 bridgehead atoms. The van der Waals surface area contributed by atoms with Crippen molar-refractivity contribution in [2.24, 2.45) is 0 Å². The van der Waals surface area contributed by atoms with E-state index in [1.807, 2.05) is 30.3 Å². The number of nitrogens with zero attached hydrogens (tertiary/aromatic N) is 1. The number of aliphatic carboxylic acids is 1. The Morgan fingerprint density at radius 3 is 2.86 bits per heavy atom. The fraction of sp³-hybridized carbons (Fsp3) is 0.375. The van der Waals surface area contributed by atoms with Gasteiger partial charge in [0.2, 0.25) is 5.91 Å². The monoisotopic (exact) mass is 287 g/mol. The second kappa shape index (κ2) is 5.24. The van der Waals surface area contributed by atoms with Gasteiger partial charge in [0.25, 0.3) is 0 Å². The average molecular weight is 287 g/mol. The van der Waals surface area contributed by atoms with Gasteiger partial charge < -0.3 is 14.4 Å². The van der Waals surface area contributed by atoms with Crippen molar-refractivity contribution in [1.82, 2.24) is 4.90 Å². The molecule has 2 heterocycles. The van der Waals surface area contributed by atoms with Gasteiger partial charge >= 0.3 is 5.97 Å². The van der Waals surface area contributed by atoms with Crippen molar-refractivity contribution in [1.29, 1.82) is 0 Å². The molecule has 0 saturated carbocycles. The lowest BCUT2D eigenvalue weighted by atomic mass is 10.1. The van der Waals surface area contributed by atoms with Crippen LogP contribution >= 0.6 is 0 Å². The highest BCUT2D eigenvalue weighted by atomic mass is 16.4. The van der Waals surface area contributed by atoms with Crippen LogP contribution < -0.4 is 0 Å². The topological polar surface area (TPSA) is 70.8 Å². The Labute approximate surface area is 122 Å². The third kappa shape index (κ3) is 2.39. The van der Waals surface area contributed by atoms with Crippen LogP contribution in [0, 0.1) is 0 Å². The lowest BCUT2D eigenvalue weighted by Crippen LogP contribution is -2.42. The smallest absolute Gasteiger partial charge is 0.326 e. The van der Waals surface area contributed by atoms with Gasteiger partial charge in [0.15, 0.2) is 0 Å². The number of para-hydroxylation sites is 1. The molecule has 21 heavy (non-hydrogen) atoms. The minimum absolute atomic E-state index is 0.182. The molecule has 1 amide bonds. The SMILES string of the molecule is C[C@@H](C(=O)N1CCC[C@H]1C(=O)O)c1cc2ccccc2o1. The van der Waals surface area contributed by atoms with E-state index < -0.39 is 17.9 Å². The molecule has 1 N–H and O–H groups in total. The van der Waals surface area contributed by atoms with Crippen LogP contribution in [0.25, 0.3) is 11.0 Å². The molecule has 5 nitrogen and oxygen atoms in total. The van der Waals surface area contributed by atoms with Crippen molar-refractivity contribution in [2.45, 2.75) is 31.7 Å². The van der Waals surface area contributed by atoms with Crippen LogP contribution in [0.5, 0.6) is 0 Å². The first-order chi connectivity index (χ1) is 10.1. The third-order valence-electron chi connectivity index (χ3n) is 4.06. The molecule has 1 aliphatic rings. The molecule has 1 aromatic carbocycles. The second-order valence-electron chi connectivity index (χ2n) is 5.44. The summed E-state index contributed by atoms with van der Waals surface area (Å²) in [5, 5.41) is 10.1. The summed E-state index contributed by atoms with van der Waals surface area (Å²) in [4.78, 5) is 25.2. The summed E-state index contributed by atoms with van der Waals surface area (Å²) in [5.41, 5.74) is 0.739. The van der Waals surface area contributed by atoms with E-state index in [1.54, 1.807) is 6.92 Å². The predicted octanol–water partition coefficient (Wildman–Crippen LogP) is 2.61. The molecule has 0 radical (unpaired) electrons. The number of fused-ring (bicyclic) bond motifs is 1. The number of likely N-dealkylation sites (tertiary alicyclic amines) is 1. The molecule has 1 aromatic heterocycles. The zero-order valence-corrected chi connectivity index (χ0v) is 11.8. The van der Waals surface area contributed by atoms with Gasteiger partial charge in [-0.2, -0.15) is 0 Å². The summed E-state index contributed by atoms with van der Waals surface area (Å²) in [6.07, 6.45) is 1.25. The van der Waals surface area contributed by atoms with Crippen LogP contribution in [-0.2, 0) is 9.59 Å². The molecule has 1 aliphatic heterocycles. The first-order valence-electron chi connectivity index (χ1n) is 7.09. The van der Waals surface area contributed by atoms with E-state index in [1.165, 1.54) is 4.90 Å². The van der Waals surface area contributed by atoms with Gasteiger partial charge in [0.05, 0.1) is 5.92 Å². The van der Waals surface area contributed by atoms with Gasteiger partial charge in [-0.3, -0.25) is 4.79 Å². The Kier molecular flexibility index (Phi) is 3.41. The van der Waals surface area contributed by atoms with E-state index in [0.29, 0.717) is 18.7 Å². The molecular formula is C16H17NO4. The number of carboxylic acids is 1. The van der Waals surface area contributed by atoms with Crippen LogP contribution in [0.1, 0.15) is 31.4 Å². The zero-order valence-electron chi connectivity index (χ0n) is 11.8. The molecule has 0 aliphatic carbocycles. The summed E-state index contributed by atoms with van der Waals surface area (Å²) < 4.78 is 5.71. The number of amides is 1. The highest BCUT2D eigenvalue weighted by Crippen LogP contribution is 2.28. The standard InChI is InChI=1S/C16H17NO4/c1-10(14-9-11-5-2-3-7-13(11)21-14)15(18)17-8-4-6-12(17)16(19)20/h2-3,5,7,9-10,12H,4,6,8H2,1H3,(H,19,20)/t10-,12+/m1/s1. The number of rotatable bonds is 3. The number of hydrogen-bond donors (Lipinski definition) is 1. The average Bonchev–Trinajstić information content (AvgIpc) is 3.11. The lowest BCUT2D eigenvalue weighted by molar-refractivity contribution is -0.148. The summed E-state index contributed by atoms with van der Waals surface area (Å²) in [5.74, 6) is -1.01. The maximum atomic E-state index is 12.5. The quantitative estimate of drug-likeness (QED) is 0.942. The number of carboxylic acid groups (broad SMARTS) is 1. The summed E-state index contributed by atoms with van der Waals surface area (Å²) in [7, 11) is 0. The molecule has 2 atom stereocenters. The number of carbonyl (C=O) groups excluding carboxylic acids is 1. The molecule has 1 saturated heterocycles. The summed E-state index contributed by atoms with van der Waals surface area (Å²) >= 11 is 0. The predicted molar refractivity (Wildman–Crippen MR) is 77.0 cm³/mol. The van der Waals surface area contributed by atoms with Gasteiger partial charge in [0, 0.05) is 11.9 Å². The molecule has 0 spiro atoms. The van der Waals surface area contributed by atoms with Crippen LogP contribution in [-0.4, -0.2) is 34.5 Å². The maximum Gasteiger partial charge on any atom is 0.326 e. The van der Waals surface area contributed by atoms with Crippen LogP contribution in [0.2, 0.25) is 0 Å². The van der Waals surface area contributed by atoms with E-state index in [2.05, 4.69) is 0 Å². The number of benzene rings is 1. The van der Waals surface area contributed by atoms with E-state index >= 15 is 0 Å². The van der Waals surface area contributed by atoms with Crippen molar-refractivity contribution in [2.75, 3.05) is 6.54 Å². The van der Waals surface area contributed by atoms with E-state index in [0.717, 1.165) is 17.4 Å². The van der Waals surface area contributed by atoms with Gasteiger partial charge in [-0.25, -0.2) is 4.79 Å². The first-order valence-corrected chi connectivity index (χ1v) is 7.09. The highest BCUT2D eigenvalue weighted by molar-refractivity contribution is 5.89. The minimum Gasteiger partial charge on any atom is -0.480 e. The lowest BCUT2D eigenvalue weighted by Gasteiger charge is -2.24. The number of hydrogen-bond acceptors (Lipinski definition) is 3. The van der Waals surface area contributed by atoms with E-state index in [-0.39, 0.29) is 5.91 Å². The Bertz CT molecular complexity index is 657. The third-order valence-corrected chi connectivity index (χ3v) is 4.06. The molecular weight excluding hydrogens is 270 g/mol. The van der Waals surface area contributed by atoms with E-state index in [4.69, 9.17) is 4.42 Å². The molecule has 1 fully saturated rings. The van der Waals surface area contributed by atoms with Crippen molar-refractivity contribution in [3.05, 3.63) is 36.1 Å². The minimum atomic E-state index is -0.933. The van der Waals surface area contributed by atoms with E-state index in [9.17, 15) is 14.7 Å². The highest BCUT2D eigenvalue weighted by Gasteiger charge is 2.36. The zero-order chi connectivity index (χ0) is 15.0. The van der Waals surface area contributed by atoms with Gasteiger partial charge in [-0.1, -0.05) is 18.2 Å². The Hall–Kier alpha value is -2.30. The maximum absolute atomic E-state index is 12.5. The summed E-state index contributed by atoms with van der Waals surface area (Å²) in [6.45, 7) is 2.26. The van der Waals surface area contributed by atoms with Gasteiger partial charge in [-0.15, -0.1) is 0 Å². The van der Waals surface area contributed by atoms with Crippen LogP contribution in [0.3, 0.4) is 0 Å². The largest absolute Gasteiger partial charge is 0.480 e. The van der Waals surface area contributed by atoms with Crippen molar-refractivity contribution in [3.63, 3.8) is 0 Å². The molecule has 5 heteroatoms. The van der Waals surface area contributed by atoms with Gasteiger partial charge in [0.1, 0.15) is 17.4 Å². The molecule has 0 unspecified atom stereocenters. The summed E-state index contributed by atoms with van der Waals surface area (Å²) in [6, 6.07) is 8.72. The fourth-order valence-corrected chi connectivity index (χ4v) is 2.87. The van der Waals surface area contributed by atoms with Crippen LogP contribution in [0.15, 0.2) is 34.7 Å². The first kappa shape index (κ1) is 13.7. The van der Waals surface area contributed by atoms with Crippen molar-refractivity contribution in [3.8, 4) is 0 Å². The second-order valence-corrected chi connectivity index (χ2v) is 5.44. The number of carbonyl (C=O) groups is 2. The normalized spacial score (nSPS) is 19.9. The molecule has 3 rings (SSSR count). The van der Waals surface area contributed by atoms with Crippen molar-refractivity contribution < 1.29 is 19.1 Å². The van der Waals surface area contributed by atoms with Crippen molar-refractivity contribution >= 4 is 22.8 Å². The van der Waals surface area contributed by atoms with Crippen LogP contribution in [0.4, 0.5) is 0 Å². The Balaban J connectivity index is 1.85. The van der Waals surface area contributed by atoms with Gasteiger partial charge in [-0.05, 0) is 31.9 Å². The fourth-order valence-electron chi connectivity index (χ4n) is 2.87. The molecule has 2 aromatic rings. The Morgan fingerprint density at radius 2 is 2.14 bits per heavy atom. The Morgan fingerprint density at radius 1 is 1.38 bits per heavy atom. The number of furan rings is 1. The molecule has 110 valence electrons.